The predicted octanol–water partition coefficient (Wildman–Crippen LogP) is 6.81. The summed E-state index contributed by atoms with van der Waals surface area (Å²) in [6, 6.07) is 5.70. The molecule has 1 aromatic carbocycles. The first-order chi connectivity index (χ1) is 13.9. The first-order valence-corrected chi connectivity index (χ1v) is 11.3. The van der Waals surface area contributed by atoms with Crippen LogP contribution in [0.5, 0.6) is 0 Å². The first kappa shape index (κ1) is 23.5. The molecule has 1 heterocycles. The average Bonchev–Trinajstić information content (AvgIpc) is 2.94. The largest absolute Gasteiger partial charge is 0.481 e. The van der Waals surface area contributed by atoms with Gasteiger partial charge >= 0.3 is 5.97 Å². The highest BCUT2D eigenvalue weighted by Crippen LogP contribution is 2.32. The number of carbonyl (C=O) groups excluding carboxylic acids is 1. The van der Waals surface area contributed by atoms with Crippen LogP contribution in [0.4, 0.5) is 0 Å². The van der Waals surface area contributed by atoms with Crippen LogP contribution >= 0.6 is 11.6 Å². The van der Waals surface area contributed by atoms with Gasteiger partial charge in [-0.25, -0.2) is 0 Å². The Kier molecular flexibility index (Phi) is 9.22. The zero-order valence-corrected chi connectivity index (χ0v) is 18.7. The van der Waals surface area contributed by atoms with Crippen molar-refractivity contribution in [2.24, 2.45) is 13.0 Å². The molecule has 0 bridgehead atoms. The normalized spacial score (nSPS) is 12.4. The summed E-state index contributed by atoms with van der Waals surface area (Å²) >= 11 is 6.25. The Hall–Kier alpha value is -1.81. The van der Waals surface area contributed by atoms with E-state index in [1.807, 2.05) is 25.2 Å². The number of aryl methyl sites for hydroxylation is 1. The van der Waals surface area contributed by atoms with E-state index in [2.05, 4.69) is 18.4 Å². The molecule has 160 valence electrons. The Morgan fingerprint density at radius 3 is 2.45 bits per heavy atom. The fourth-order valence-corrected chi connectivity index (χ4v) is 4.35. The second-order valence-corrected chi connectivity index (χ2v) is 8.52. The highest BCUT2D eigenvalue weighted by atomic mass is 35.5. The van der Waals surface area contributed by atoms with Crippen molar-refractivity contribution >= 4 is 34.3 Å². The summed E-state index contributed by atoms with van der Waals surface area (Å²) in [4.78, 5) is 24.7. The van der Waals surface area contributed by atoms with E-state index in [9.17, 15) is 14.7 Å². The first-order valence-electron chi connectivity index (χ1n) is 10.9. The van der Waals surface area contributed by atoms with E-state index in [4.69, 9.17) is 11.6 Å². The third-order valence-electron chi connectivity index (χ3n) is 5.73. The van der Waals surface area contributed by atoms with Crippen LogP contribution in [0.1, 0.15) is 87.7 Å². The molecular weight excluding hydrogens is 386 g/mol. The van der Waals surface area contributed by atoms with Gasteiger partial charge in [0.1, 0.15) is 0 Å². The van der Waals surface area contributed by atoms with Crippen molar-refractivity contribution in [3.05, 3.63) is 34.5 Å². The number of ketones is 1. The number of carbonyl (C=O) groups is 2. The van der Waals surface area contributed by atoms with E-state index < -0.39 is 5.97 Å². The van der Waals surface area contributed by atoms with Gasteiger partial charge in [-0.05, 0) is 43.4 Å². The summed E-state index contributed by atoms with van der Waals surface area (Å²) in [5.74, 6) is -0.910. The molecule has 1 N–H and O–H groups in total. The Morgan fingerprint density at radius 1 is 1.07 bits per heavy atom. The number of fused-ring (bicyclic) bond motifs is 1. The molecule has 1 aromatic heterocycles. The van der Waals surface area contributed by atoms with Crippen LogP contribution in [0.3, 0.4) is 0 Å². The van der Waals surface area contributed by atoms with Gasteiger partial charge in [0.2, 0.25) is 0 Å². The summed E-state index contributed by atoms with van der Waals surface area (Å²) in [6.45, 7) is 4.27. The lowest BCUT2D eigenvalue weighted by molar-refractivity contribution is -0.138. The van der Waals surface area contributed by atoms with E-state index in [0.29, 0.717) is 5.02 Å². The lowest BCUT2D eigenvalue weighted by atomic mass is 9.89. The maximum absolute atomic E-state index is 13.4. The van der Waals surface area contributed by atoms with E-state index >= 15 is 0 Å². The number of hydrogen-bond acceptors (Lipinski definition) is 2. The molecule has 0 radical (unpaired) electrons. The van der Waals surface area contributed by atoms with Gasteiger partial charge in [0.15, 0.2) is 5.78 Å². The maximum atomic E-state index is 13.4. The van der Waals surface area contributed by atoms with Crippen LogP contribution in [-0.4, -0.2) is 21.4 Å². The Labute approximate surface area is 179 Å². The minimum absolute atomic E-state index is 0.0447. The molecule has 0 aliphatic heterocycles. The van der Waals surface area contributed by atoms with E-state index in [1.165, 1.54) is 12.8 Å². The van der Waals surface area contributed by atoms with Crippen molar-refractivity contribution in [2.45, 2.75) is 78.1 Å². The monoisotopic (exact) mass is 419 g/mol. The van der Waals surface area contributed by atoms with Gasteiger partial charge in [-0.15, -0.1) is 0 Å². The number of nitrogens with zero attached hydrogens (tertiary/aromatic N) is 1. The third-order valence-corrected chi connectivity index (χ3v) is 5.97. The second kappa shape index (κ2) is 11.4. The van der Waals surface area contributed by atoms with Crippen molar-refractivity contribution < 1.29 is 14.7 Å². The van der Waals surface area contributed by atoms with Crippen molar-refractivity contribution in [3.8, 4) is 0 Å². The van der Waals surface area contributed by atoms with E-state index in [0.717, 1.165) is 60.7 Å². The summed E-state index contributed by atoms with van der Waals surface area (Å²) in [5, 5.41) is 10.8. The molecule has 5 heteroatoms. The Balaban J connectivity index is 2.37. The molecule has 1 unspecified atom stereocenters. The van der Waals surface area contributed by atoms with E-state index in [-0.39, 0.29) is 24.5 Å². The molecule has 0 aliphatic carbocycles. The van der Waals surface area contributed by atoms with Crippen LogP contribution in [0, 0.1) is 5.92 Å². The molecule has 4 nitrogen and oxygen atoms in total. The number of carboxylic acids is 1. The Morgan fingerprint density at radius 2 is 1.79 bits per heavy atom. The molecule has 0 saturated heterocycles. The minimum atomic E-state index is -0.834. The van der Waals surface area contributed by atoms with Crippen molar-refractivity contribution in [3.63, 3.8) is 0 Å². The maximum Gasteiger partial charge on any atom is 0.303 e. The van der Waals surface area contributed by atoms with Crippen LogP contribution in [0.2, 0.25) is 5.02 Å². The molecule has 2 rings (SSSR count). The molecule has 0 aliphatic rings. The lowest BCUT2D eigenvalue weighted by Gasteiger charge is -2.14. The van der Waals surface area contributed by atoms with Gasteiger partial charge in [-0.1, -0.05) is 57.6 Å². The number of carboxylic acid groups (broad SMARTS) is 1. The zero-order chi connectivity index (χ0) is 21.4. The van der Waals surface area contributed by atoms with Crippen LogP contribution in [-0.2, 0) is 18.3 Å². The number of aromatic nitrogens is 1. The van der Waals surface area contributed by atoms with Gasteiger partial charge in [0.25, 0.3) is 0 Å². The Bertz CT molecular complexity index is 840. The SMILES string of the molecule is CCCCCCc1c(C(=O)CC(CCCC)CC(=O)O)c2cc(Cl)ccc2n1C. The van der Waals surface area contributed by atoms with Gasteiger partial charge in [-0.2, -0.15) is 0 Å². The second-order valence-electron chi connectivity index (χ2n) is 8.09. The number of aliphatic carboxylic acids is 1. The minimum Gasteiger partial charge on any atom is -0.481 e. The summed E-state index contributed by atoms with van der Waals surface area (Å²) in [6.07, 6.45) is 8.43. The van der Waals surface area contributed by atoms with Crippen LogP contribution < -0.4 is 0 Å². The van der Waals surface area contributed by atoms with Gasteiger partial charge in [0, 0.05) is 47.1 Å². The summed E-state index contributed by atoms with van der Waals surface area (Å²) in [5.41, 5.74) is 2.80. The molecule has 0 spiro atoms. The highest BCUT2D eigenvalue weighted by Gasteiger charge is 2.24. The predicted molar refractivity (Wildman–Crippen MR) is 120 cm³/mol. The van der Waals surface area contributed by atoms with Gasteiger partial charge in [-0.3, -0.25) is 9.59 Å². The van der Waals surface area contributed by atoms with Crippen molar-refractivity contribution in [1.29, 1.82) is 0 Å². The zero-order valence-electron chi connectivity index (χ0n) is 18.0. The average molecular weight is 420 g/mol. The number of rotatable bonds is 13. The van der Waals surface area contributed by atoms with Crippen molar-refractivity contribution in [2.75, 3.05) is 0 Å². The number of benzene rings is 1. The van der Waals surface area contributed by atoms with Crippen LogP contribution in [0.25, 0.3) is 10.9 Å². The number of hydrogen-bond donors (Lipinski definition) is 1. The standard InChI is InChI=1S/C24H34ClNO3/c1-4-6-8-9-11-21-24(19-16-18(25)12-13-20(19)26(21)3)22(27)14-17(10-7-5-2)15-23(28)29/h12-13,16-17H,4-11,14-15H2,1-3H3,(H,28,29). The molecule has 0 saturated carbocycles. The van der Waals surface area contributed by atoms with Crippen molar-refractivity contribution in [1.82, 2.24) is 4.57 Å². The topological polar surface area (TPSA) is 59.3 Å². The summed E-state index contributed by atoms with van der Waals surface area (Å²) in [7, 11) is 2.01. The fourth-order valence-electron chi connectivity index (χ4n) is 4.17. The summed E-state index contributed by atoms with van der Waals surface area (Å²) < 4.78 is 2.11. The molecule has 0 amide bonds. The molecule has 29 heavy (non-hydrogen) atoms. The highest BCUT2D eigenvalue weighted by molar-refractivity contribution is 6.31. The smallest absolute Gasteiger partial charge is 0.303 e. The third kappa shape index (κ3) is 6.33. The molecular formula is C24H34ClNO3. The fraction of sp³-hybridized carbons (Fsp3) is 0.583. The van der Waals surface area contributed by atoms with Gasteiger partial charge < -0.3 is 9.67 Å². The number of unbranched alkanes of at least 4 members (excludes halogenated alkanes) is 4. The van der Waals surface area contributed by atoms with Crippen LogP contribution in [0.15, 0.2) is 18.2 Å². The number of halogens is 1. The number of Topliss-reactive ketones (excluding diaryl/α,β-unsaturated/α-hetero) is 1. The quantitative estimate of drug-likeness (QED) is 0.286. The molecule has 1 atom stereocenters. The molecule has 2 aromatic rings. The van der Waals surface area contributed by atoms with E-state index in [1.54, 1.807) is 0 Å². The molecule has 0 fully saturated rings. The lowest BCUT2D eigenvalue weighted by Crippen LogP contribution is -2.15. The van der Waals surface area contributed by atoms with Gasteiger partial charge in [0.05, 0.1) is 0 Å².